The summed E-state index contributed by atoms with van der Waals surface area (Å²) in [6.45, 7) is 9.78. The number of rotatable bonds is 6. The van der Waals surface area contributed by atoms with Gasteiger partial charge in [-0.05, 0) is 72.4 Å². The van der Waals surface area contributed by atoms with Crippen molar-refractivity contribution in [3.8, 4) is 11.1 Å². The van der Waals surface area contributed by atoms with E-state index in [9.17, 15) is 18.0 Å². The number of fused-ring (bicyclic) bond motifs is 3. The number of aromatic nitrogens is 5. The summed E-state index contributed by atoms with van der Waals surface area (Å²) in [5.41, 5.74) is 5.66. The number of benzene rings is 2. The molecule has 5 aromatic rings. The van der Waals surface area contributed by atoms with E-state index in [0.29, 0.717) is 54.4 Å². The van der Waals surface area contributed by atoms with E-state index in [2.05, 4.69) is 38.9 Å². The van der Waals surface area contributed by atoms with Gasteiger partial charge in [-0.15, -0.1) is 0 Å². The number of halogens is 3. The maximum absolute atomic E-state index is 14.7. The van der Waals surface area contributed by atoms with E-state index in [4.69, 9.17) is 9.72 Å². The molecule has 13 heteroatoms. The van der Waals surface area contributed by atoms with Crippen LogP contribution in [0.25, 0.3) is 22.0 Å². The van der Waals surface area contributed by atoms with E-state index in [0.717, 1.165) is 72.7 Å². The second-order valence-electron chi connectivity index (χ2n) is 13.5. The molecule has 3 aromatic heterocycles. The lowest BCUT2D eigenvalue weighted by molar-refractivity contribution is -0.141. The summed E-state index contributed by atoms with van der Waals surface area (Å²) in [6.07, 6.45) is 3.00. The normalized spacial score (nSPS) is 18.5. The molecule has 1 amide bonds. The number of morpholine rings is 1. The quantitative estimate of drug-likeness (QED) is 0.234. The average molecular weight is 685 g/mol. The molecule has 8 rings (SSSR count). The molecule has 1 atom stereocenters. The number of imidazole rings is 1. The molecule has 50 heavy (non-hydrogen) atoms. The van der Waals surface area contributed by atoms with Gasteiger partial charge >= 0.3 is 6.18 Å². The predicted octanol–water partition coefficient (Wildman–Crippen LogP) is 5.49. The van der Waals surface area contributed by atoms with Gasteiger partial charge in [0, 0.05) is 87.1 Å². The Kier molecular flexibility index (Phi) is 8.14. The zero-order valence-corrected chi connectivity index (χ0v) is 28.4. The van der Waals surface area contributed by atoms with Crippen LogP contribution < -0.4 is 9.80 Å². The predicted molar refractivity (Wildman–Crippen MR) is 185 cm³/mol. The van der Waals surface area contributed by atoms with Gasteiger partial charge in [0.05, 0.1) is 42.5 Å². The Morgan fingerprint density at radius 3 is 2.60 bits per heavy atom. The lowest BCUT2D eigenvalue weighted by atomic mass is 9.87. The number of aryl methyl sites for hydroxylation is 3. The highest BCUT2D eigenvalue weighted by atomic mass is 19.4. The number of alkyl halides is 3. The smallest absolute Gasteiger partial charge is 0.378 e. The minimum atomic E-state index is -4.66. The molecular formula is C37H39F3N8O2. The van der Waals surface area contributed by atoms with Crippen molar-refractivity contribution >= 4 is 28.2 Å². The first-order chi connectivity index (χ1) is 24.1. The number of amides is 1. The minimum absolute atomic E-state index is 0.0316. The molecule has 6 heterocycles. The first-order valence-corrected chi connectivity index (χ1v) is 17.1. The Hall–Kier alpha value is -4.75. The van der Waals surface area contributed by atoms with E-state index in [1.165, 1.54) is 17.9 Å². The zero-order valence-electron chi connectivity index (χ0n) is 28.4. The van der Waals surface area contributed by atoms with Gasteiger partial charge in [-0.2, -0.15) is 18.3 Å². The van der Waals surface area contributed by atoms with Crippen molar-refractivity contribution in [2.45, 2.75) is 45.5 Å². The minimum Gasteiger partial charge on any atom is -0.378 e. The fourth-order valence-corrected chi connectivity index (χ4v) is 7.82. The van der Waals surface area contributed by atoms with Gasteiger partial charge < -0.3 is 19.1 Å². The van der Waals surface area contributed by atoms with Gasteiger partial charge in [0.15, 0.2) is 5.69 Å². The highest BCUT2D eigenvalue weighted by molar-refractivity contribution is 6.14. The SMILES string of the molecule is CCc1cc(N2CCN3CCOCC3C2)c2nc(C)cc(N3CCc4c(cc(Cn5ccnc5)cc4-c4cn(C)nc4C(F)(F)F)C3=O)c2c1. The summed E-state index contributed by atoms with van der Waals surface area (Å²) in [5, 5.41) is 4.68. The number of nitrogens with zero attached hydrogens (tertiary/aromatic N) is 8. The molecule has 0 N–H and O–H groups in total. The molecule has 0 aliphatic carbocycles. The van der Waals surface area contributed by atoms with Crippen molar-refractivity contribution < 1.29 is 22.7 Å². The molecule has 1 unspecified atom stereocenters. The van der Waals surface area contributed by atoms with Crippen molar-refractivity contribution in [2.24, 2.45) is 7.05 Å². The van der Waals surface area contributed by atoms with Crippen LogP contribution in [-0.4, -0.2) is 87.1 Å². The van der Waals surface area contributed by atoms with E-state index < -0.39 is 11.9 Å². The molecule has 10 nitrogen and oxygen atoms in total. The molecule has 2 saturated heterocycles. The molecule has 260 valence electrons. The van der Waals surface area contributed by atoms with Crippen molar-refractivity contribution in [3.05, 3.63) is 88.9 Å². The second-order valence-corrected chi connectivity index (χ2v) is 13.5. The van der Waals surface area contributed by atoms with Crippen molar-refractivity contribution in [1.82, 2.24) is 29.2 Å². The molecule has 0 saturated carbocycles. The van der Waals surface area contributed by atoms with Crippen LogP contribution in [0, 0.1) is 6.92 Å². The third-order valence-electron chi connectivity index (χ3n) is 10.2. The van der Waals surface area contributed by atoms with Crippen LogP contribution in [0.5, 0.6) is 0 Å². The van der Waals surface area contributed by atoms with Crippen LogP contribution in [0.15, 0.2) is 55.2 Å². The Morgan fingerprint density at radius 2 is 1.82 bits per heavy atom. The maximum Gasteiger partial charge on any atom is 0.435 e. The van der Waals surface area contributed by atoms with Crippen LogP contribution >= 0.6 is 0 Å². The van der Waals surface area contributed by atoms with E-state index in [1.54, 1.807) is 29.7 Å². The fraction of sp³-hybridized carbons (Fsp3) is 0.405. The number of piperazine rings is 1. The van der Waals surface area contributed by atoms with Gasteiger partial charge in [0.2, 0.25) is 0 Å². The van der Waals surface area contributed by atoms with Crippen molar-refractivity contribution in [1.29, 1.82) is 0 Å². The van der Waals surface area contributed by atoms with Gasteiger partial charge in [0.1, 0.15) is 0 Å². The Morgan fingerprint density at radius 1 is 0.980 bits per heavy atom. The molecule has 3 aliphatic rings. The molecular weight excluding hydrogens is 645 g/mol. The van der Waals surface area contributed by atoms with Gasteiger partial charge in [0.25, 0.3) is 5.91 Å². The van der Waals surface area contributed by atoms with Crippen LogP contribution in [-0.2, 0) is 37.3 Å². The summed E-state index contributed by atoms with van der Waals surface area (Å²) in [4.78, 5) is 30.6. The third-order valence-corrected chi connectivity index (χ3v) is 10.2. The number of hydrogen-bond donors (Lipinski definition) is 0. The largest absolute Gasteiger partial charge is 0.435 e. The zero-order chi connectivity index (χ0) is 34.7. The van der Waals surface area contributed by atoms with Crippen LogP contribution in [0.2, 0.25) is 0 Å². The summed E-state index contributed by atoms with van der Waals surface area (Å²) in [5.74, 6) is -0.249. The van der Waals surface area contributed by atoms with Crippen LogP contribution in [0.3, 0.4) is 0 Å². The van der Waals surface area contributed by atoms with Gasteiger partial charge in [-0.3, -0.25) is 19.4 Å². The lowest BCUT2D eigenvalue weighted by Crippen LogP contribution is -2.58. The lowest BCUT2D eigenvalue weighted by Gasteiger charge is -2.44. The average Bonchev–Trinajstić information content (AvgIpc) is 3.77. The summed E-state index contributed by atoms with van der Waals surface area (Å²) >= 11 is 0. The molecule has 0 bridgehead atoms. The van der Waals surface area contributed by atoms with E-state index in [1.807, 2.05) is 23.6 Å². The van der Waals surface area contributed by atoms with Crippen molar-refractivity contribution in [3.63, 3.8) is 0 Å². The fourth-order valence-electron chi connectivity index (χ4n) is 7.82. The first kappa shape index (κ1) is 32.5. The number of hydrogen-bond acceptors (Lipinski definition) is 7. The van der Waals surface area contributed by atoms with Crippen molar-refractivity contribution in [2.75, 3.05) is 55.7 Å². The highest BCUT2D eigenvalue weighted by Crippen LogP contribution is 2.42. The third kappa shape index (κ3) is 5.81. The number of ether oxygens (including phenoxy) is 1. The monoisotopic (exact) mass is 684 g/mol. The Labute approximate surface area is 288 Å². The summed E-state index contributed by atoms with van der Waals surface area (Å²) in [7, 11) is 1.48. The first-order valence-electron chi connectivity index (χ1n) is 17.1. The molecule has 2 fully saturated rings. The van der Waals surface area contributed by atoms with Crippen LogP contribution in [0.4, 0.5) is 24.5 Å². The van der Waals surface area contributed by atoms with E-state index >= 15 is 0 Å². The maximum atomic E-state index is 14.7. The Bertz CT molecular complexity index is 2090. The molecule has 2 aromatic carbocycles. The number of pyridine rings is 1. The molecule has 3 aliphatic heterocycles. The van der Waals surface area contributed by atoms with Crippen LogP contribution in [0.1, 0.15) is 45.4 Å². The number of anilines is 2. The summed E-state index contributed by atoms with van der Waals surface area (Å²) in [6, 6.07) is 10.2. The Balaban J connectivity index is 1.24. The van der Waals surface area contributed by atoms with Gasteiger partial charge in [-0.1, -0.05) is 6.92 Å². The molecule has 0 spiro atoms. The second kappa shape index (κ2) is 12.5. The highest BCUT2D eigenvalue weighted by Gasteiger charge is 2.39. The standard InChI is InChI=1S/C37H39F3N8O2/c1-4-24-14-30-32(13-23(2)42-34(30)33(17-24)47-10-9-46-11-12-50-21-26(46)19-47)48-7-5-27-28(31-20-44(3)43-35(31)37(38,39)40)15-25(16-29(27)36(48)49)18-45-8-6-41-22-45/h6,8,13-17,20,22,26H,4-5,7,9-12,18-19,21H2,1-3H3. The van der Waals surface area contributed by atoms with Gasteiger partial charge in [-0.25, -0.2) is 4.98 Å². The van der Waals surface area contributed by atoms with E-state index in [-0.39, 0.29) is 11.5 Å². The topological polar surface area (TPSA) is 84.6 Å². The molecule has 0 radical (unpaired) electrons. The number of carbonyl (C=O) groups is 1. The number of carbonyl (C=O) groups excluding carboxylic acids is 1. The summed E-state index contributed by atoms with van der Waals surface area (Å²) < 4.78 is 51.6.